The molecule has 186 valence electrons. The SMILES string of the molecule is C#CC(O)C(C)(C)Cc1ccc2ncnc(Nc3ccc4c(ccn4S(=O)(=O)c4ccccc4)c3)c2c1. The van der Waals surface area contributed by atoms with Gasteiger partial charge in [0.1, 0.15) is 18.2 Å². The molecular weight excluding hydrogens is 484 g/mol. The lowest BCUT2D eigenvalue weighted by molar-refractivity contribution is 0.0991. The Kier molecular flexibility index (Phi) is 6.20. The number of aliphatic hydroxyl groups excluding tert-OH is 1. The summed E-state index contributed by atoms with van der Waals surface area (Å²) in [5, 5.41) is 15.2. The quantitative estimate of drug-likeness (QED) is 0.295. The van der Waals surface area contributed by atoms with Gasteiger partial charge in [-0.15, -0.1) is 6.42 Å². The number of rotatable bonds is 7. The van der Waals surface area contributed by atoms with Gasteiger partial charge in [0.15, 0.2) is 0 Å². The average Bonchev–Trinajstić information content (AvgIpc) is 3.33. The first-order valence-corrected chi connectivity index (χ1v) is 13.2. The summed E-state index contributed by atoms with van der Waals surface area (Å²) in [5.41, 5.74) is 2.62. The second-order valence-corrected chi connectivity index (χ2v) is 11.5. The summed E-state index contributed by atoms with van der Waals surface area (Å²) in [6.45, 7) is 3.86. The van der Waals surface area contributed by atoms with Crippen molar-refractivity contribution in [1.29, 1.82) is 0 Å². The maximum absolute atomic E-state index is 13.1. The molecule has 0 aliphatic rings. The van der Waals surface area contributed by atoms with Crippen molar-refractivity contribution < 1.29 is 13.5 Å². The van der Waals surface area contributed by atoms with Crippen molar-refractivity contribution in [3.05, 3.63) is 90.9 Å². The van der Waals surface area contributed by atoms with Crippen molar-refractivity contribution >= 4 is 43.3 Å². The van der Waals surface area contributed by atoms with E-state index in [1.165, 1.54) is 10.3 Å². The van der Waals surface area contributed by atoms with Gasteiger partial charge >= 0.3 is 0 Å². The second kappa shape index (κ2) is 9.36. The largest absolute Gasteiger partial charge is 0.380 e. The molecule has 8 heteroatoms. The summed E-state index contributed by atoms with van der Waals surface area (Å²) in [6, 6.07) is 21.5. The van der Waals surface area contributed by atoms with E-state index >= 15 is 0 Å². The molecule has 0 radical (unpaired) electrons. The van der Waals surface area contributed by atoms with Crippen molar-refractivity contribution in [1.82, 2.24) is 13.9 Å². The van der Waals surface area contributed by atoms with E-state index in [9.17, 15) is 13.5 Å². The normalized spacial score (nSPS) is 12.9. The van der Waals surface area contributed by atoms with Crippen LogP contribution in [0.5, 0.6) is 0 Å². The molecule has 0 saturated carbocycles. The van der Waals surface area contributed by atoms with E-state index in [-0.39, 0.29) is 4.90 Å². The van der Waals surface area contributed by atoms with E-state index in [1.54, 1.807) is 48.7 Å². The average molecular weight is 511 g/mol. The van der Waals surface area contributed by atoms with Crippen LogP contribution in [0.25, 0.3) is 21.8 Å². The smallest absolute Gasteiger partial charge is 0.268 e. The third kappa shape index (κ3) is 4.67. The Morgan fingerprint density at radius 1 is 1.05 bits per heavy atom. The van der Waals surface area contributed by atoms with Gasteiger partial charge in [-0.05, 0) is 60.5 Å². The Hall–Kier alpha value is -4.19. The molecule has 2 heterocycles. The summed E-state index contributed by atoms with van der Waals surface area (Å²) in [6.07, 6.45) is 8.22. The third-order valence-corrected chi connectivity index (χ3v) is 8.18. The number of benzene rings is 3. The monoisotopic (exact) mass is 510 g/mol. The molecule has 0 aliphatic heterocycles. The van der Waals surface area contributed by atoms with Crippen molar-refractivity contribution in [2.45, 2.75) is 31.3 Å². The van der Waals surface area contributed by atoms with Gasteiger partial charge in [-0.1, -0.05) is 44.0 Å². The predicted octanol–water partition coefficient (Wildman–Crippen LogP) is 5.13. The topological polar surface area (TPSA) is 97.1 Å². The molecule has 0 aliphatic carbocycles. The Balaban J connectivity index is 1.47. The van der Waals surface area contributed by atoms with E-state index in [4.69, 9.17) is 6.42 Å². The van der Waals surface area contributed by atoms with Gasteiger partial charge in [0, 0.05) is 28.1 Å². The molecule has 0 amide bonds. The molecule has 2 N–H and O–H groups in total. The van der Waals surface area contributed by atoms with Crippen LogP contribution in [0.4, 0.5) is 11.5 Å². The minimum Gasteiger partial charge on any atom is -0.380 e. The molecular formula is C29H26N4O3S. The summed E-state index contributed by atoms with van der Waals surface area (Å²) < 4.78 is 27.5. The lowest BCUT2D eigenvalue weighted by Gasteiger charge is -2.27. The van der Waals surface area contributed by atoms with Crippen molar-refractivity contribution in [3.8, 4) is 12.3 Å². The van der Waals surface area contributed by atoms with Gasteiger partial charge in [-0.3, -0.25) is 0 Å². The molecule has 0 fully saturated rings. The van der Waals surface area contributed by atoms with Crippen molar-refractivity contribution in [2.24, 2.45) is 5.41 Å². The number of aromatic nitrogens is 3. The number of fused-ring (bicyclic) bond motifs is 2. The van der Waals surface area contributed by atoms with Gasteiger partial charge in [-0.25, -0.2) is 22.4 Å². The molecule has 5 aromatic rings. The molecule has 37 heavy (non-hydrogen) atoms. The third-order valence-electron chi connectivity index (χ3n) is 6.47. The molecule has 1 unspecified atom stereocenters. The zero-order valence-corrected chi connectivity index (χ0v) is 21.3. The highest BCUT2D eigenvalue weighted by atomic mass is 32.2. The van der Waals surface area contributed by atoms with Crippen LogP contribution in [0.1, 0.15) is 19.4 Å². The minimum absolute atomic E-state index is 0.232. The Bertz CT molecular complexity index is 1750. The van der Waals surface area contributed by atoms with Crippen LogP contribution in [0.3, 0.4) is 0 Å². The van der Waals surface area contributed by atoms with Crippen LogP contribution in [0.15, 0.2) is 90.2 Å². The fourth-order valence-electron chi connectivity index (χ4n) is 4.41. The van der Waals surface area contributed by atoms with Gasteiger partial charge in [0.25, 0.3) is 10.0 Å². The zero-order chi connectivity index (χ0) is 26.2. The number of terminal acetylenes is 1. The highest BCUT2D eigenvalue weighted by molar-refractivity contribution is 7.90. The highest BCUT2D eigenvalue weighted by Gasteiger charge is 2.27. The fourth-order valence-corrected chi connectivity index (χ4v) is 5.78. The first-order valence-electron chi connectivity index (χ1n) is 11.8. The van der Waals surface area contributed by atoms with Crippen LogP contribution in [-0.4, -0.2) is 33.6 Å². The molecule has 0 bridgehead atoms. The van der Waals surface area contributed by atoms with Gasteiger partial charge < -0.3 is 10.4 Å². The summed E-state index contributed by atoms with van der Waals surface area (Å²) in [5.74, 6) is 3.04. The highest BCUT2D eigenvalue weighted by Crippen LogP contribution is 2.31. The maximum atomic E-state index is 13.1. The van der Waals surface area contributed by atoms with Crippen molar-refractivity contribution in [2.75, 3.05) is 5.32 Å². The second-order valence-electron chi connectivity index (χ2n) is 9.64. The van der Waals surface area contributed by atoms with E-state index < -0.39 is 21.5 Å². The molecule has 0 spiro atoms. The van der Waals surface area contributed by atoms with Crippen LogP contribution in [-0.2, 0) is 16.4 Å². The summed E-state index contributed by atoms with van der Waals surface area (Å²) in [4.78, 5) is 9.06. The lowest BCUT2D eigenvalue weighted by atomic mass is 9.80. The van der Waals surface area contributed by atoms with Crippen molar-refractivity contribution in [3.63, 3.8) is 0 Å². The number of hydrogen-bond donors (Lipinski definition) is 2. The standard InChI is InChI=1S/C29H26N4O3S/c1-4-27(34)29(2,3)18-20-10-12-25-24(16-20)28(31-19-30-25)32-22-11-13-26-21(17-22)14-15-33(26)37(35,36)23-8-6-5-7-9-23/h1,5-17,19,27,34H,18H2,2-3H3,(H,30,31,32). The first kappa shape index (κ1) is 24.5. The maximum Gasteiger partial charge on any atom is 0.268 e. The van der Waals surface area contributed by atoms with Gasteiger partial charge in [0.2, 0.25) is 0 Å². The first-order chi connectivity index (χ1) is 17.7. The predicted molar refractivity (Wildman–Crippen MR) is 146 cm³/mol. The Labute approximate surface area is 215 Å². The number of aliphatic hydroxyl groups is 1. The molecule has 5 rings (SSSR count). The summed E-state index contributed by atoms with van der Waals surface area (Å²) in [7, 11) is -3.71. The Morgan fingerprint density at radius 2 is 1.84 bits per heavy atom. The van der Waals surface area contributed by atoms with E-state index in [0.717, 1.165) is 27.5 Å². The lowest BCUT2D eigenvalue weighted by Crippen LogP contribution is -2.30. The molecule has 7 nitrogen and oxygen atoms in total. The van der Waals surface area contributed by atoms with Crippen LogP contribution in [0, 0.1) is 17.8 Å². The minimum atomic E-state index is -3.71. The number of anilines is 2. The molecule has 3 aromatic carbocycles. The summed E-state index contributed by atoms with van der Waals surface area (Å²) >= 11 is 0. The molecule has 1 atom stereocenters. The van der Waals surface area contributed by atoms with Gasteiger partial charge in [-0.2, -0.15) is 0 Å². The zero-order valence-electron chi connectivity index (χ0n) is 20.5. The number of nitrogens with zero attached hydrogens (tertiary/aromatic N) is 3. The number of hydrogen-bond acceptors (Lipinski definition) is 6. The van der Waals surface area contributed by atoms with Crippen LogP contribution in [0.2, 0.25) is 0 Å². The van der Waals surface area contributed by atoms with Crippen LogP contribution >= 0.6 is 0 Å². The molecule has 2 aromatic heterocycles. The van der Waals surface area contributed by atoms with E-state index in [1.807, 2.05) is 44.2 Å². The Morgan fingerprint density at radius 3 is 2.59 bits per heavy atom. The van der Waals surface area contributed by atoms with Crippen LogP contribution < -0.4 is 5.32 Å². The van der Waals surface area contributed by atoms with Gasteiger partial charge in [0.05, 0.1) is 15.9 Å². The van der Waals surface area contributed by atoms with E-state index in [2.05, 4.69) is 21.2 Å². The molecule has 0 saturated heterocycles. The number of nitrogens with one attached hydrogen (secondary N) is 1. The van der Waals surface area contributed by atoms with E-state index in [0.29, 0.717) is 17.8 Å². The fraction of sp³-hybridized carbons (Fsp3) is 0.172.